The van der Waals surface area contributed by atoms with E-state index in [0.717, 1.165) is 82.3 Å². The highest BCUT2D eigenvalue weighted by atomic mass is 19.1. The van der Waals surface area contributed by atoms with Gasteiger partial charge in [0.2, 0.25) is 11.8 Å². The van der Waals surface area contributed by atoms with E-state index < -0.39 is 30.1 Å². The summed E-state index contributed by atoms with van der Waals surface area (Å²) in [6.07, 6.45) is 10.1. The number of fused-ring (bicyclic) bond motifs is 4. The Hall–Kier alpha value is -7.98. The molecule has 7 heterocycles. The highest BCUT2D eigenvalue weighted by Crippen LogP contribution is 2.53. The molecule has 2 bridgehead atoms. The van der Waals surface area contributed by atoms with Crippen LogP contribution in [0.5, 0.6) is 11.8 Å². The molecule has 4 aromatic heterocycles. The third-order valence-corrected chi connectivity index (χ3v) is 16.2. The summed E-state index contributed by atoms with van der Waals surface area (Å²) in [7, 11) is 1.63. The Morgan fingerprint density at radius 2 is 1.69 bits per heavy atom. The van der Waals surface area contributed by atoms with Crippen molar-refractivity contribution in [3.05, 3.63) is 120 Å². The molecule has 4 fully saturated rings. The van der Waals surface area contributed by atoms with Crippen molar-refractivity contribution in [3.8, 4) is 45.3 Å². The Labute approximate surface area is 461 Å². The number of carbonyl (C=O) groups excluding carboxylic acids is 2. The van der Waals surface area contributed by atoms with Crippen LogP contribution in [-0.4, -0.2) is 142 Å². The molecule has 1 saturated carbocycles. The molecular weight excluding hydrogens is 1020 g/mol. The smallest absolute Gasteiger partial charge is 0.319 e. The standard InChI is InChI=1S/C59H64FN13O7/c1-31(2)54(58(77)72-25-42(75)17-50(72)57(76)65-49(27-74)38-14-10-35(11-15-38)39-20-61-30-62-21-39)73-26-48(69-70-73)37-8-6-34(7-9-37)29-79-55-52(51-33(4)46(60)19-47-45(51)23-64-68-47)43(36-12-13-36)18-44-53(55)66-59(80-28-32(3)78-5)67-56(44)71-24-40-16-41(71)22-63-40/h6-11,14-15,18-21,23,26,30-32,36,40-42,49-50,54,63,74-75H,12-13,16-17,22,24-25,27-29H2,1-5H3,(H,64,68)(H,65,76)/t32-,40-,41?,42+,49-,50-,54-/m0/s1. The van der Waals surface area contributed by atoms with Crippen molar-refractivity contribution in [2.75, 3.05) is 44.9 Å². The number of rotatable bonds is 19. The van der Waals surface area contributed by atoms with E-state index in [1.54, 1.807) is 38.8 Å². The number of nitrogens with zero attached hydrogens (tertiary/aromatic N) is 10. The van der Waals surface area contributed by atoms with Gasteiger partial charge in [-0.2, -0.15) is 15.1 Å². The average molecular weight is 1090 g/mol. The second kappa shape index (κ2) is 21.9. The Morgan fingerprint density at radius 1 is 0.912 bits per heavy atom. The lowest BCUT2D eigenvalue weighted by molar-refractivity contribution is -0.142. The molecule has 80 heavy (non-hydrogen) atoms. The number of likely N-dealkylation sites (tertiary alicyclic amines) is 1. The van der Waals surface area contributed by atoms with Crippen LogP contribution in [0.15, 0.2) is 91.8 Å². The van der Waals surface area contributed by atoms with Crippen molar-refractivity contribution in [1.29, 1.82) is 0 Å². The van der Waals surface area contributed by atoms with Crippen LogP contribution in [0.25, 0.3) is 55.3 Å². The number of nitrogens with one attached hydrogen (secondary N) is 3. The maximum atomic E-state index is 16.1. The maximum absolute atomic E-state index is 16.1. The van der Waals surface area contributed by atoms with Gasteiger partial charge < -0.3 is 44.9 Å². The van der Waals surface area contributed by atoms with E-state index in [9.17, 15) is 19.8 Å². The fraction of sp³-hybridized carbons (Fsp3) is 0.407. The first-order valence-electron chi connectivity index (χ1n) is 27.4. The second-order valence-corrected chi connectivity index (χ2v) is 22.0. The third-order valence-electron chi connectivity index (χ3n) is 16.2. The Balaban J connectivity index is 0.823. The average Bonchev–Trinajstić information content (AvgIpc) is 3.64. The zero-order chi connectivity index (χ0) is 55.3. The Kier molecular flexibility index (Phi) is 14.4. The maximum Gasteiger partial charge on any atom is 0.319 e. The van der Waals surface area contributed by atoms with Crippen LogP contribution in [0.4, 0.5) is 10.2 Å². The number of methoxy groups -OCH3 is 1. The van der Waals surface area contributed by atoms with Crippen molar-refractivity contribution in [1.82, 2.24) is 60.7 Å². The van der Waals surface area contributed by atoms with Crippen LogP contribution in [0.2, 0.25) is 0 Å². The molecule has 1 unspecified atom stereocenters. The number of aromatic nitrogens is 9. The number of ether oxygens (including phenoxy) is 3. The molecule has 8 aromatic rings. The van der Waals surface area contributed by atoms with E-state index in [4.69, 9.17) is 24.2 Å². The number of halogens is 1. The van der Waals surface area contributed by atoms with Gasteiger partial charge >= 0.3 is 6.01 Å². The molecule has 3 saturated heterocycles. The largest absolute Gasteiger partial charge is 0.486 e. The number of benzene rings is 4. The number of piperazine rings is 1. The van der Waals surface area contributed by atoms with Gasteiger partial charge in [-0.1, -0.05) is 67.6 Å². The minimum atomic E-state index is -0.992. The van der Waals surface area contributed by atoms with Crippen molar-refractivity contribution < 1.29 is 38.4 Å². The van der Waals surface area contributed by atoms with Gasteiger partial charge in [-0.3, -0.25) is 14.7 Å². The first-order chi connectivity index (χ1) is 38.8. The molecule has 5 N–H and O–H groups in total. The van der Waals surface area contributed by atoms with E-state index in [2.05, 4.69) is 52.1 Å². The number of hydrogen-bond donors (Lipinski definition) is 5. The molecule has 21 heteroatoms. The lowest BCUT2D eigenvalue weighted by Crippen LogP contribution is -2.50. The van der Waals surface area contributed by atoms with E-state index >= 15 is 4.39 Å². The highest BCUT2D eigenvalue weighted by molar-refractivity contribution is 6.06. The normalized spacial score (nSPS) is 20.0. The molecule has 0 radical (unpaired) electrons. The molecule has 7 atom stereocenters. The molecule has 12 rings (SSSR count). The molecule has 4 aromatic carbocycles. The van der Waals surface area contributed by atoms with Gasteiger partial charge in [0.15, 0.2) is 5.75 Å². The van der Waals surface area contributed by atoms with Crippen LogP contribution in [0, 0.1) is 18.7 Å². The quantitative estimate of drug-likeness (QED) is 0.0561. The molecule has 1 aliphatic carbocycles. The van der Waals surface area contributed by atoms with E-state index in [-0.39, 0.29) is 74.5 Å². The van der Waals surface area contributed by atoms with Crippen LogP contribution in [0.1, 0.15) is 86.7 Å². The van der Waals surface area contributed by atoms with Gasteiger partial charge in [0.25, 0.3) is 0 Å². The fourth-order valence-corrected chi connectivity index (χ4v) is 11.7. The predicted molar refractivity (Wildman–Crippen MR) is 296 cm³/mol. The Bertz CT molecular complexity index is 3580. The summed E-state index contributed by atoms with van der Waals surface area (Å²) < 4.78 is 36.6. The van der Waals surface area contributed by atoms with Gasteiger partial charge in [-0.05, 0) is 84.9 Å². The molecule has 20 nitrogen and oxygen atoms in total. The van der Waals surface area contributed by atoms with Crippen molar-refractivity contribution in [2.45, 2.75) is 108 Å². The molecule has 0 spiro atoms. The fourth-order valence-electron chi connectivity index (χ4n) is 11.7. The van der Waals surface area contributed by atoms with Crippen LogP contribution >= 0.6 is 0 Å². The van der Waals surface area contributed by atoms with Crippen LogP contribution < -0.4 is 25.0 Å². The van der Waals surface area contributed by atoms with Crippen LogP contribution in [0.3, 0.4) is 0 Å². The predicted octanol–water partition coefficient (Wildman–Crippen LogP) is 6.77. The Morgan fingerprint density at radius 3 is 2.39 bits per heavy atom. The van der Waals surface area contributed by atoms with Gasteiger partial charge in [0.1, 0.15) is 54.5 Å². The number of β-amino-alcohol motifs (C(OH)–C–C–N with tert-alkyl or cyclic N) is 1. The summed E-state index contributed by atoms with van der Waals surface area (Å²) >= 11 is 0. The number of amides is 2. The lowest BCUT2D eigenvalue weighted by Gasteiger charge is -2.30. The summed E-state index contributed by atoms with van der Waals surface area (Å²) in [5.74, 6) is -0.0398. The molecule has 3 aliphatic heterocycles. The van der Waals surface area contributed by atoms with Gasteiger partial charge in [0.05, 0.1) is 42.8 Å². The second-order valence-electron chi connectivity index (χ2n) is 22.0. The number of carbonyl (C=O) groups is 2. The van der Waals surface area contributed by atoms with E-state index in [0.29, 0.717) is 45.2 Å². The molecule has 414 valence electrons. The summed E-state index contributed by atoms with van der Waals surface area (Å²) in [4.78, 5) is 50.7. The van der Waals surface area contributed by atoms with Gasteiger partial charge in [0, 0.05) is 90.7 Å². The van der Waals surface area contributed by atoms with Crippen molar-refractivity contribution in [3.63, 3.8) is 0 Å². The minimum absolute atomic E-state index is 0.0319. The lowest BCUT2D eigenvalue weighted by atomic mass is 9.88. The minimum Gasteiger partial charge on any atom is -0.486 e. The number of H-pyrrole nitrogens is 1. The first-order valence-corrected chi connectivity index (χ1v) is 27.4. The number of aliphatic hydroxyl groups is 2. The topological polar surface area (TPSA) is 244 Å². The number of aliphatic hydroxyl groups excluding tert-OH is 2. The van der Waals surface area contributed by atoms with Gasteiger partial charge in [-0.15, -0.1) is 5.10 Å². The number of hydrogen-bond acceptors (Lipinski definition) is 16. The van der Waals surface area contributed by atoms with E-state index in [1.165, 1.54) is 22.0 Å². The van der Waals surface area contributed by atoms with Crippen LogP contribution in [-0.2, 0) is 20.9 Å². The summed E-state index contributed by atoms with van der Waals surface area (Å²) in [6.45, 7) is 9.05. The van der Waals surface area contributed by atoms with Gasteiger partial charge in [-0.25, -0.2) is 19.0 Å². The number of anilines is 1. The highest BCUT2D eigenvalue weighted by Gasteiger charge is 2.44. The first kappa shape index (κ1) is 52.7. The monoisotopic (exact) mass is 1090 g/mol. The molecule has 4 aliphatic rings. The van der Waals surface area contributed by atoms with E-state index in [1.807, 2.05) is 69.3 Å². The van der Waals surface area contributed by atoms with Crippen molar-refractivity contribution >= 4 is 39.4 Å². The summed E-state index contributed by atoms with van der Waals surface area (Å²) in [5.41, 5.74) is 8.55. The van der Waals surface area contributed by atoms with Crippen molar-refractivity contribution in [2.24, 2.45) is 5.92 Å². The third kappa shape index (κ3) is 10.2. The zero-order valence-corrected chi connectivity index (χ0v) is 45.2. The number of aromatic amines is 1. The SMILES string of the molecule is CO[C@@H](C)COc1nc(N2C[C@@H]3CC2CN3)c2cc(C3CC3)c(-c3c(C)c(F)cc4[nH]ncc34)c(OCc3ccc(-c4cn([C@H](C(=O)N5C[C@H](O)C[C@H]5C(=O)N[C@@H](CO)c5ccc(-c6cncnc6)cc5)C(C)C)nn4)cc3)c2n1. The molecular formula is C59H64FN13O7. The summed E-state index contributed by atoms with van der Waals surface area (Å²) in [5, 5.41) is 45.8. The zero-order valence-electron chi connectivity index (χ0n) is 45.2. The summed E-state index contributed by atoms with van der Waals surface area (Å²) in [6, 6.07) is 16.9. The molecule has 2 amide bonds.